The van der Waals surface area contributed by atoms with Crippen LogP contribution in [0.1, 0.15) is 53.7 Å². The summed E-state index contributed by atoms with van der Waals surface area (Å²) in [7, 11) is 0. The minimum Gasteiger partial charge on any atom is -0.493 e. The molecule has 0 atom stereocenters. The monoisotopic (exact) mass is 517 g/mol. The SMILES string of the molecule is Cc1ccc(C)c(OCCCC(C)(C)C(=O)NC(=S)Nc2cccc(C(=O)NCc3ccccc3)c2)c1. The normalized spacial score (nSPS) is 10.9. The molecule has 0 heterocycles. The molecule has 3 N–H and O–H groups in total. The zero-order valence-electron chi connectivity index (χ0n) is 21.9. The summed E-state index contributed by atoms with van der Waals surface area (Å²) in [5.74, 6) is 0.517. The molecule has 3 aromatic carbocycles. The molecule has 3 aromatic rings. The van der Waals surface area contributed by atoms with Crippen molar-refractivity contribution < 1.29 is 14.3 Å². The van der Waals surface area contributed by atoms with E-state index >= 15 is 0 Å². The van der Waals surface area contributed by atoms with Crippen LogP contribution in [0.4, 0.5) is 5.69 Å². The van der Waals surface area contributed by atoms with Crippen LogP contribution in [0, 0.1) is 19.3 Å². The summed E-state index contributed by atoms with van der Waals surface area (Å²) in [5, 5.41) is 8.88. The van der Waals surface area contributed by atoms with Gasteiger partial charge in [0.2, 0.25) is 5.91 Å². The molecule has 7 heteroatoms. The van der Waals surface area contributed by atoms with Gasteiger partial charge in [-0.1, -0.05) is 62.4 Å². The number of carbonyl (C=O) groups is 2. The lowest BCUT2D eigenvalue weighted by molar-refractivity contribution is -0.128. The predicted octanol–water partition coefficient (Wildman–Crippen LogP) is 5.93. The number of carbonyl (C=O) groups excluding carboxylic acids is 2. The van der Waals surface area contributed by atoms with Gasteiger partial charge in [-0.05, 0) is 79.9 Å². The fourth-order valence-electron chi connectivity index (χ4n) is 3.73. The lowest BCUT2D eigenvalue weighted by Gasteiger charge is -2.24. The molecule has 0 saturated carbocycles. The number of anilines is 1. The van der Waals surface area contributed by atoms with Gasteiger partial charge in [0, 0.05) is 23.2 Å². The van der Waals surface area contributed by atoms with Gasteiger partial charge in [0.25, 0.3) is 5.91 Å². The molecule has 0 aromatic heterocycles. The Labute approximate surface area is 224 Å². The van der Waals surface area contributed by atoms with Crippen molar-refractivity contribution in [2.24, 2.45) is 5.41 Å². The van der Waals surface area contributed by atoms with Crippen LogP contribution in [0.2, 0.25) is 0 Å². The molecule has 2 amide bonds. The summed E-state index contributed by atoms with van der Waals surface area (Å²) in [6.45, 7) is 8.81. The molecule has 0 spiro atoms. The van der Waals surface area contributed by atoms with E-state index in [-0.39, 0.29) is 16.9 Å². The molecule has 0 fully saturated rings. The van der Waals surface area contributed by atoms with E-state index in [4.69, 9.17) is 17.0 Å². The summed E-state index contributed by atoms with van der Waals surface area (Å²) in [5.41, 5.74) is 3.76. The molecule has 0 aliphatic carbocycles. The fraction of sp³-hybridized carbons (Fsp3) is 0.300. The van der Waals surface area contributed by atoms with Crippen LogP contribution in [0.3, 0.4) is 0 Å². The first-order valence-electron chi connectivity index (χ1n) is 12.4. The van der Waals surface area contributed by atoms with Crippen LogP contribution in [-0.4, -0.2) is 23.5 Å². The van der Waals surface area contributed by atoms with E-state index in [1.54, 1.807) is 24.3 Å². The number of aryl methyl sites for hydroxylation is 2. The summed E-state index contributed by atoms with van der Waals surface area (Å²) < 4.78 is 5.92. The van der Waals surface area contributed by atoms with E-state index in [1.807, 2.05) is 70.2 Å². The zero-order chi connectivity index (χ0) is 26.8. The van der Waals surface area contributed by atoms with E-state index in [9.17, 15) is 9.59 Å². The van der Waals surface area contributed by atoms with E-state index in [2.05, 4.69) is 22.0 Å². The van der Waals surface area contributed by atoms with Gasteiger partial charge in [0.05, 0.1) is 6.61 Å². The van der Waals surface area contributed by atoms with Crippen molar-refractivity contribution in [3.05, 3.63) is 95.1 Å². The van der Waals surface area contributed by atoms with Crippen molar-refractivity contribution in [3.63, 3.8) is 0 Å². The van der Waals surface area contributed by atoms with Crippen LogP contribution >= 0.6 is 12.2 Å². The maximum Gasteiger partial charge on any atom is 0.251 e. The average Bonchev–Trinajstić information content (AvgIpc) is 2.87. The lowest BCUT2D eigenvalue weighted by atomic mass is 9.87. The van der Waals surface area contributed by atoms with Gasteiger partial charge >= 0.3 is 0 Å². The van der Waals surface area contributed by atoms with Crippen molar-refractivity contribution in [2.45, 2.75) is 47.1 Å². The third kappa shape index (κ3) is 8.72. The van der Waals surface area contributed by atoms with Crippen LogP contribution in [-0.2, 0) is 11.3 Å². The molecule has 0 saturated heterocycles. The number of hydrogen-bond acceptors (Lipinski definition) is 4. The van der Waals surface area contributed by atoms with Crippen molar-refractivity contribution >= 4 is 34.8 Å². The molecule has 194 valence electrons. The van der Waals surface area contributed by atoms with Crippen molar-refractivity contribution in [1.82, 2.24) is 10.6 Å². The van der Waals surface area contributed by atoms with Gasteiger partial charge in [-0.25, -0.2) is 0 Å². The topological polar surface area (TPSA) is 79.5 Å². The third-order valence-corrected chi connectivity index (χ3v) is 6.27. The number of hydrogen-bond donors (Lipinski definition) is 3. The van der Waals surface area contributed by atoms with E-state index in [0.717, 1.165) is 28.9 Å². The second kappa shape index (κ2) is 13.0. The molecule has 6 nitrogen and oxygen atoms in total. The van der Waals surface area contributed by atoms with Gasteiger partial charge in [0.1, 0.15) is 5.75 Å². The van der Waals surface area contributed by atoms with Gasteiger partial charge in [0.15, 0.2) is 5.11 Å². The molecule has 3 rings (SSSR count). The standard InChI is InChI=1S/C30H35N3O3S/c1-21-14-15-22(2)26(18-21)36-17-9-16-30(3,4)28(35)33-29(37)32-25-13-8-12-24(19-25)27(34)31-20-23-10-6-5-7-11-23/h5-8,10-15,18-19H,9,16-17,20H2,1-4H3,(H,31,34)(H2,32,33,35,37). The highest BCUT2D eigenvalue weighted by atomic mass is 32.1. The third-order valence-electron chi connectivity index (χ3n) is 6.07. The Bertz CT molecular complexity index is 1240. The van der Waals surface area contributed by atoms with Crippen LogP contribution < -0.4 is 20.7 Å². The Morgan fingerprint density at radius 2 is 1.70 bits per heavy atom. The summed E-state index contributed by atoms with van der Waals surface area (Å²) in [4.78, 5) is 25.4. The first-order valence-corrected chi connectivity index (χ1v) is 12.8. The molecule has 37 heavy (non-hydrogen) atoms. The number of ether oxygens (including phenoxy) is 1. The molecule has 0 aliphatic rings. The van der Waals surface area contributed by atoms with Crippen molar-refractivity contribution in [3.8, 4) is 5.75 Å². The van der Waals surface area contributed by atoms with Crippen LogP contribution in [0.5, 0.6) is 5.75 Å². The van der Waals surface area contributed by atoms with Gasteiger partial charge in [-0.15, -0.1) is 0 Å². The zero-order valence-corrected chi connectivity index (χ0v) is 22.7. The van der Waals surface area contributed by atoms with Crippen molar-refractivity contribution in [2.75, 3.05) is 11.9 Å². The van der Waals surface area contributed by atoms with Gasteiger partial charge in [-0.3, -0.25) is 9.59 Å². The molecule has 0 radical (unpaired) electrons. The first-order chi connectivity index (χ1) is 17.6. The minimum absolute atomic E-state index is 0.173. The lowest BCUT2D eigenvalue weighted by Crippen LogP contribution is -2.42. The van der Waals surface area contributed by atoms with Gasteiger partial charge < -0.3 is 20.7 Å². The Balaban J connectivity index is 1.46. The van der Waals surface area contributed by atoms with E-state index in [0.29, 0.717) is 30.8 Å². The Hall–Kier alpha value is -3.71. The molecule has 0 unspecified atom stereocenters. The molecule has 0 bridgehead atoms. The minimum atomic E-state index is -0.629. The Morgan fingerprint density at radius 3 is 2.46 bits per heavy atom. The number of amides is 2. The maximum absolute atomic E-state index is 12.9. The number of benzene rings is 3. The molecule has 0 aliphatic heterocycles. The highest BCUT2D eigenvalue weighted by Gasteiger charge is 2.28. The Kier molecular flexibility index (Phi) is 9.80. The molecular formula is C30H35N3O3S. The smallest absolute Gasteiger partial charge is 0.251 e. The first kappa shape index (κ1) is 27.9. The number of rotatable bonds is 10. The largest absolute Gasteiger partial charge is 0.493 e. The quantitative estimate of drug-likeness (QED) is 0.229. The molecular weight excluding hydrogens is 482 g/mol. The number of nitrogens with one attached hydrogen (secondary N) is 3. The summed E-state index contributed by atoms with van der Waals surface area (Å²) in [6.07, 6.45) is 1.37. The Morgan fingerprint density at radius 1 is 0.946 bits per heavy atom. The highest BCUT2D eigenvalue weighted by molar-refractivity contribution is 7.80. The summed E-state index contributed by atoms with van der Waals surface area (Å²) >= 11 is 5.36. The maximum atomic E-state index is 12.9. The second-order valence-corrected chi connectivity index (χ2v) is 10.2. The van der Waals surface area contributed by atoms with E-state index in [1.165, 1.54) is 0 Å². The predicted molar refractivity (Wildman–Crippen MR) is 153 cm³/mol. The fourth-order valence-corrected chi connectivity index (χ4v) is 3.94. The average molecular weight is 518 g/mol. The van der Waals surface area contributed by atoms with E-state index < -0.39 is 5.41 Å². The van der Waals surface area contributed by atoms with Gasteiger partial charge in [-0.2, -0.15) is 0 Å². The second-order valence-electron chi connectivity index (χ2n) is 9.76. The van der Waals surface area contributed by atoms with Crippen molar-refractivity contribution in [1.29, 1.82) is 0 Å². The van der Waals surface area contributed by atoms with Crippen LogP contribution in [0.25, 0.3) is 0 Å². The highest BCUT2D eigenvalue weighted by Crippen LogP contribution is 2.24. The number of thiocarbonyl (C=S) groups is 1. The summed E-state index contributed by atoms with van der Waals surface area (Å²) in [6, 6.07) is 22.8. The van der Waals surface area contributed by atoms with Crippen LogP contribution in [0.15, 0.2) is 72.8 Å².